The van der Waals surface area contributed by atoms with Gasteiger partial charge in [-0.15, -0.1) is 0 Å². The number of likely N-dealkylation sites (N-methyl/N-ethyl adjacent to an activating group) is 1. The van der Waals surface area contributed by atoms with Gasteiger partial charge in [0.1, 0.15) is 5.82 Å². The lowest BCUT2D eigenvalue weighted by Crippen LogP contribution is -2.31. The van der Waals surface area contributed by atoms with Crippen LogP contribution in [0.15, 0.2) is 18.2 Å². The van der Waals surface area contributed by atoms with Crippen LogP contribution in [0.5, 0.6) is 0 Å². The van der Waals surface area contributed by atoms with Crippen molar-refractivity contribution in [3.63, 3.8) is 0 Å². The first-order valence-electron chi connectivity index (χ1n) is 5.91. The van der Waals surface area contributed by atoms with Gasteiger partial charge in [-0.1, -0.05) is 0 Å². The van der Waals surface area contributed by atoms with Gasteiger partial charge in [0.2, 0.25) is 0 Å². The minimum atomic E-state index is -0.475. The molecular formula is C12H16FN3O2. The molecule has 0 spiro atoms. The smallest absolute Gasteiger partial charge is 0.274 e. The third-order valence-corrected chi connectivity index (χ3v) is 3.21. The maximum atomic E-state index is 13.1. The Bertz CT molecular complexity index is 453. The van der Waals surface area contributed by atoms with Crippen molar-refractivity contribution in [2.45, 2.75) is 19.0 Å². The van der Waals surface area contributed by atoms with E-state index in [1.807, 2.05) is 7.05 Å². The zero-order valence-electron chi connectivity index (χ0n) is 10.2. The Hall–Kier alpha value is -1.53. The zero-order valence-corrected chi connectivity index (χ0v) is 10.2. The maximum Gasteiger partial charge on any atom is 0.274 e. The van der Waals surface area contributed by atoms with Crippen molar-refractivity contribution >= 4 is 5.69 Å². The Labute approximate surface area is 105 Å². The van der Waals surface area contributed by atoms with Crippen LogP contribution in [0.3, 0.4) is 0 Å². The van der Waals surface area contributed by atoms with Crippen LogP contribution >= 0.6 is 0 Å². The molecule has 1 heterocycles. The Balaban J connectivity index is 2.04. The van der Waals surface area contributed by atoms with Crippen molar-refractivity contribution in [3.05, 3.63) is 39.7 Å². The highest BCUT2D eigenvalue weighted by Crippen LogP contribution is 2.20. The quantitative estimate of drug-likeness (QED) is 0.653. The molecule has 5 nitrogen and oxygen atoms in total. The normalized spacial score (nSPS) is 20.2. The van der Waals surface area contributed by atoms with E-state index in [2.05, 4.69) is 10.2 Å². The molecule has 1 saturated heterocycles. The predicted molar refractivity (Wildman–Crippen MR) is 65.8 cm³/mol. The van der Waals surface area contributed by atoms with E-state index < -0.39 is 10.7 Å². The van der Waals surface area contributed by atoms with Crippen LogP contribution in [0.1, 0.15) is 12.0 Å². The molecule has 2 rings (SSSR count). The van der Waals surface area contributed by atoms with Crippen molar-refractivity contribution in [3.8, 4) is 0 Å². The van der Waals surface area contributed by atoms with Crippen molar-refractivity contribution in [2.75, 3.05) is 20.1 Å². The van der Waals surface area contributed by atoms with Gasteiger partial charge in [-0.25, -0.2) is 4.39 Å². The summed E-state index contributed by atoms with van der Waals surface area (Å²) in [5.41, 5.74) is 0.366. The maximum absolute atomic E-state index is 13.1. The Morgan fingerprint density at radius 2 is 2.39 bits per heavy atom. The molecule has 0 amide bonds. The van der Waals surface area contributed by atoms with Crippen molar-refractivity contribution in [1.82, 2.24) is 10.2 Å². The Morgan fingerprint density at radius 1 is 1.61 bits per heavy atom. The van der Waals surface area contributed by atoms with Crippen LogP contribution in [-0.4, -0.2) is 36.0 Å². The molecule has 1 aliphatic heterocycles. The lowest BCUT2D eigenvalue weighted by molar-refractivity contribution is -0.385. The average Bonchev–Trinajstić information content (AvgIpc) is 2.72. The first-order valence-corrected chi connectivity index (χ1v) is 5.91. The summed E-state index contributed by atoms with van der Waals surface area (Å²) in [4.78, 5) is 12.5. The van der Waals surface area contributed by atoms with E-state index in [1.165, 1.54) is 12.1 Å². The van der Waals surface area contributed by atoms with Crippen LogP contribution in [0.25, 0.3) is 0 Å². The fraction of sp³-hybridized carbons (Fsp3) is 0.500. The fourth-order valence-electron chi connectivity index (χ4n) is 2.23. The van der Waals surface area contributed by atoms with E-state index >= 15 is 0 Å². The SMILES string of the molecule is CN1CCC(NCc2cc(F)ccc2[N+](=O)[O-])C1. The van der Waals surface area contributed by atoms with Crippen LogP contribution in [0.2, 0.25) is 0 Å². The summed E-state index contributed by atoms with van der Waals surface area (Å²) in [6.07, 6.45) is 1.01. The molecule has 1 unspecified atom stereocenters. The third kappa shape index (κ3) is 3.02. The molecule has 0 aromatic heterocycles. The van der Waals surface area contributed by atoms with Gasteiger partial charge in [0.15, 0.2) is 0 Å². The molecule has 0 bridgehead atoms. The molecule has 1 fully saturated rings. The van der Waals surface area contributed by atoms with Crippen LogP contribution in [-0.2, 0) is 6.54 Å². The monoisotopic (exact) mass is 253 g/mol. The summed E-state index contributed by atoms with van der Waals surface area (Å²) in [6, 6.07) is 3.87. The van der Waals surface area contributed by atoms with E-state index in [0.717, 1.165) is 25.6 Å². The van der Waals surface area contributed by atoms with Gasteiger partial charge in [-0.05, 0) is 32.1 Å². The second kappa shape index (κ2) is 5.41. The Morgan fingerprint density at radius 3 is 3.00 bits per heavy atom. The molecule has 98 valence electrons. The molecular weight excluding hydrogens is 237 g/mol. The summed E-state index contributed by atoms with van der Waals surface area (Å²) < 4.78 is 13.1. The van der Waals surface area contributed by atoms with Crippen molar-refractivity contribution in [2.24, 2.45) is 0 Å². The second-order valence-corrected chi connectivity index (χ2v) is 4.66. The molecule has 0 aliphatic carbocycles. The van der Waals surface area contributed by atoms with Gasteiger partial charge in [0.25, 0.3) is 5.69 Å². The number of nitrogens with zero attached hydrogens (tertiary/aromatic N) is 2. The number of nitro groups is 1. The number of likely N-dealkylation sites (tertiary alicyclic amines) is 1. The highest BCUT2D eigenvalue weighted by molar-refractivity contribution is 5.40. The van der Waals surface area contributed by atoms with Gasteiger partial charge in [-0.3, -0.25) is 10.1 Å². The van der Waals surface area contributed by atoms with Gasteiger partial charge >= 0.3 is 0 Å². The second-order valence-electron chi connectivity index (χ2n) is 4.66. The largest absolute Gasteiger partial charge is 0.308 e. The minimum absolute atomic E-state index is 0.0322. The van der Waals surface area contributed by atoms with E-state index in [1.54, 1.807) is 0 Å². The number of hydrogen-bond donors (Lipinski definition) is 1. The lowest BCUT2D eigenvalue weighted by Gasteiger charge is -2.12. The Kier molecular flexibility index (Phi) is 3.88. The van der Waals surface area contributed by atoms with Gasteiger partial charge in [0.05, 0.1) is 4.92 Å². The highest BCUT2D eigenvalue weighted by atomic mass is 19.1. The van der Waals surface area contributed by atoms with E-state index in [-0.39, 0.29) is 5.69 Å². The standard InChI is InChI=1S/C12H16FN3O2/c1-15-5-4-11(8-15)14-7-9-6-10(13)2-3-12(9)16(17)18/h2-3,6,11,14H,4-5,7-8H2,1H3. The van der Waals surface area contributed by atoms with Crippen LogP contribution in [0, 0.1) is 15.9 Å². The summed E-state index contributed by atoms with van der Waals surface area (Å²) in [6.45, 7) is 2.26. The average molecular weight is 253 g/mol. The van der Waals surface area contributed by atoms with E-state index in [0.29, 0.717) is 18.2 Å². The van der Waals surface area contributed by atoms with Crippen LogP contribution in [0.4, 0.5) is 10.1 Å². The molecule has 18 heavy (non-hydrogen) atoms. The van der Waals surface area contributed by atoms with Gasteiger partial charge in [-0.2, -0.15) is 0 Å². The predicted octanol–water partition coefficient (Wildman–Crippen LogP) is 1.53. The summed E-state index contributed by atoms with van der Waals surface area (Å²) >= 11 is 0. The van der Waals surface area contributed by atoms with E-state index in [9.17, 15) is 14.5 Å². The molecule has 1 aromatic carbocycles. The van der Waals surface area contributed by atoms with Gasteiger partial charge < -0.3 is 10.2 Å². The minimum Gasteiger partial charge on any atom is -0.308 e. The first-order chi connectivity index (χ1) is 8.56. The molecule has 1 aromatic rings. The topological polar surface area (TPSA) is 58.4 Å². The van der Waals surface area contributed by atoms with Gasteiger partial charge in [0, 0.05) is 30.8 Å². The lowest BCUT2D eigenvalue weighted by atomic mass is 10.1. The fourth-order valence-corrected chi connectivity index (χ4v) is 2.23. The molecule has 6 heteroatoms. The first kappa shape index (κ1) is 12.9. The number of nitro benzene ring substituents is 1. The highest BCUT2D eigenvalue weighted by Gasteiger charge is 2.20. The number of hydrogen-bond acceptors (Lipinski definition) is 4. The molecule has 1 atom stereocenters. The van der Waals surface area contributed by atoms with Crippen LogP contribution < -0.4 is 5.32 Å². The molecule has 1 N–H and O–H groups in total. The molecule has 0 saturated carbocycles. The number of rotatable bonds is 4. The van der Waals surface area contributed by atoms with E-state index in [4.69, 9.17) is 0 Å². The summed E-state index contributed by atoms with van der Waals surface area (Å²) in [7, 11) is 2.03. The molecule has 1 aliphatic rings. The number of nitrogens with one attached hydrogen (secondary N) is 1. The third-order valence-electron chi connectivity index (χ3n) is 3.21. The zero-order chi connectivity index (χ0) is 13.1. The van der Waals surface area contributed by atoms with Crippen molar-refractivity contribution < 1.29 is 9.31 Å². The summed E-state index contributed by atoms with van der Waals surface area (Å²) in [5, 5.41) is 14.1. The molecule has 0 radical (unpaired) electrons. The summed E-state index contributed by atoms with van der Waals surface area (Å²) in [5.74, 6) is -0.444. The van der Waals surface area contributed by atoms with Crippen molar-refractivity contribution in [1.29, 1.82) is 0 Å². The number of benzene rings is 1. The number of halogens is 1.